The molecule has 0 aliphatic heterocycles. The summed E-state index contributed by atoms with van der Waals surface area (Å²) in [7, 11) is -1.65. The number of rotatable bonds is 4. The van der Waals surface area contributed by atoms with E-state index in [1.807, 2.05) is 13.8 Å². The molecule has 1 aromatic carbocycles. The highest BCUT2D eigenvalue weighted by Gasteiger charge is 2.30. The quantitative estimate of drug-likeness (QED) is 0.642. The molecule has 12 heteroatoms. The second-order valence-corrected chi connectivity index (χ2v) is 8.81. The van der Waals surface area contributed by atoms with Crippen LogP contribution in [0.1, 0.15) is 25.3 Å². The second-order valence-electron chi connectivity index (χ2n) is 7.00. The number of benzene rings is 1. The summed E-state index contributed by atoms with van der Waals surface area (Å²) < 4.78 is 30.5. The largest absolute Gasteiger partial charge is 0.451 e. The van der Waals surface area contributed by atoms with Crippen LogP contribution in [-0.4, -0.2) is 47.3 Å². The van der Waals surface area contributed by atoms with Crippen molar-refractivity contribution in [3.05, 3.63) is 50.8 Å². The maximum Gasteiger partial charge on any atom is 0.443 e. The monoisotopic (exact) mass is 435 g/mol. The molecular formula is C18H21N5O6S. The third-order valence-electron chi connectivity index (χ3n) is 4.59. The van der Waals surface area contributed by atoms with Gasteiger partial charge in [0, 0.05) is 18.8 Å². The zero-order valence-electron chi connectivity index (χ0n) is 17.0. The Hall–Kier alpha value is -3.41. The molecule has 0 aliphatic carbocycles. The van der Waals surface area contributed by atoms with Crippen LogP contribution in [0, 0.1) is 0 Å². The third-order valence-corrected chi connectivity index (χ3v) is 5.53. The van der Waals surface area contributed by atoms with E-state index in [0.29, 0.717) is 11.8 Å². The number of H-pyrrole nitrogens is 1. The van der Waals surface area contributed by atoms with Crippen molar-refractivity contribution in [2.45, 2.75) is 19.8 Å². The molecule has 0 atom stereocenters. The summed E-state index contributed by atoms with van der Waals surface area (Å²) in [5.74, 6) is 0.0489. The van der Waals surface area contributed by atoms with Gasteiger partial charge in [0.1, 0.15) is 0 Å². The average Bonchev–Trinajstić information content (AvgIpc) is 3.08. The summed E-state index contributed by atoms with van der Waals surface area (Å²) in [5, 5.41) is 4.17. The number of nitrogens with zero attached hydrogens (tertiary/aromatic N) is 4. The van der Waals surface area contributed by atoms with Gasteiger partial charge in [0.25, 0.3) is 15.6 Å². The van der Waals surface area contributed by atoms with Crippen molar-refractivity contribution in [2.24, 2.45) is 7.05 Å². The maximum atomic E-state index is 13.2. The number of aromatic nitrogens is 4. The Kier molecular flexibility index (Phi) is 5.29. The van der Waals surface area contributed by atoms with Crippen LogP contribution in [0.4, 0.5) is 4.79 Å². The molecule has 1 N–H and O–H groups in total. The van der Waals surface area contributed by atoms with Gasteiger partial charge in [-0.1, -0.05) is 18.3 Å². The summed E-state index contributed by atoms with van der Waals surface area (Å²) >= 11 is 0. The van der Waals surface area contributed by atoms with Gasteiger partial charge in [0.05, 0.1) is 30.0 Å². The Labute approximate surface area is 171 Å². The van der Waals surface area contributed by atoms with Gasteiger partial charge in [0.15, 0.2) is 0 Å². The first-order valence-electron chi connectivity index (χ1n) is 8.87. The molecule has 0 radical (unpaired) electrons. The van der Waals surface area contributed by atoms with Gasteiger partial charge in [-0.2, -0.15) is 5.10 Å². The summed E-state index contributed by atoms with van der Waals surface area (Å²) in [6.45, 7) is 3.92. The predicted molar refractivity (Wildman–Crippen MR) is 111 cm³/mol. The number of nitrogens with one attached hydrogen (secondary N) is 1. The molecule has 0 aliphatic rings. The highest BCUT2D eigenvalue weighted by molar-refractivity contribution is 7.92. The minimum atomic E-state index is -4.34. The van der Waals surface area contributed by atoms with Crippen LogP contribution in [0.15, 0.2) is 34.0 Å². The summed E-state index contributed by atoms with van der Waals surface area (Å²) in [6.07, 6.45) is 0.899. The van der Waals surface area contributed by atoms with Crippen LogP contribution >= 0.6 is 0 Å². The van der Waals surface area contributed by atoms with E-state index in [2.05, 4.69) is 14.8 Å². The molecule has 0 saturated carbocycles. The van der Waals surface area contributed by atoms with Gasteiger partial charge >= 0.3 is 11.8 Å². The van der Waals surface area contributed by atoms with Gasteiger partial charge in [0.2, 0.25) is 0 Å². The first-order chi connectivity index (χ1) is 14.0. The molecule has 3 rings (SSSR count). The summed E-state index contributed by atoms with van der Waals surface area (Å²) in [5.41, 5.74) is 0.415. The molecule has 3 aromatic rings. The van der Waals surface area contributed by atoms with Crippen LogP contribution in [0.5, 0.6) is 0 Å². The van der Waals surface area contributed by atoms with Gasteiger partial charge < -0.3 is 9.72 Å². The Morgan fingerprint density at radius 1 is 1.27 bits per heavy atom. The number of hydrogen-bond donors (Lipinski definition) is 1. The number of amides is 1. The SMILES string of the molecule is COC(=O)N(n1c(=O)[nH]c2cc(C(C)C)c(-c3ccnn3C)cc2c1=O)S(C)(=O)=O. The lowest BCUT2D eigenvalue weighted by atomic mass is 9.93. The molecule has 0 fully saturated rings. The van der Waals surface area contributed by atoms with E-state index in [4.69, 9.17) is 0 Å². The molecule has 2 heterocycles. The van der Waals surface area contributed by atoms with Crippen LogP contribution < -0.4 is 15.7 Å². The van der Waals surface area contributed by atoms with Gasteiger partial charge in [-0.05, 0) is 29.7 Å². The molecule has 0 saturated heterocycles. The van der Waals surface area contributed by atoms with Gasteiger partial charge in [-0.15, -0.1) is 4.68 Å². The van der Waals surface area contributed by atoms with Crippen LogP contribution in [0.3, 0.4) is 0 Å². The number of carbonyl (C=O) groups is 1. The Bertz CT molecular complexity index is 1370. The van der Waals surface area contributed by atoms with Crippen molar-refractivity contribution < 1.29 is 17.9 Å². The molecular weight excluding hydrogens is 414 g/mol. The van der Waals surface area contributed by atoms with Crippen LogP contribution in [0.25, 0.3) is 22.2 Å². The summed E-state index contributed by atoms with van der Waals surface area (Å²) in [6, 6.07) is 4.99. The number of methoxy groups -OCH3 is 1. The van der Waals surface area contributed by atoms with E-state index < -0.39 is 27.4 Å². The number of sulfonamides is 1. The van der Waals surface area contributed by atoms with Crippen molar-refractivity contribution in [1.29, 1.82) is 0 Å². The molecule has 160 valence electrons. The van der Waals surface area contributed by atoms with Crippen molar-refractivity contribution in [3.63, 3.8) is 0 Å². The lowest BCUT2D eigenvalue weighted by Gasteiger charge is -2.20. The fraction of sp³-hybridized carbons (Fsp3) is 0.333. The minimum absolute atomic E-state index is 0.00624. The van der Waals surface area contributed by atoms with Crippen molar-refractivity contribution in [2.75, 3.05) is 17.8 Å². The number of fused-ring (bicyclic) bond motifs is 1. The van der Waals surface area contributed by atoms with Crippen LogP contribution in [-0.2, 0) is 21.8 Å². The minimum Gasteiger partial charge on any atom is -0.451 e. The number of aryl methyl sites for hydroxylation is 1. The van der Waals surface area contributed by atoms with E-state index in [-0.39, 0.29) is 25.9 Å². The van der Waals surface area contributed by atoms with E-state index in [9.17, 15) is 22.8 Å². The first kappa shape index (κ1) is 21.3. The van der Waals surface area contributed by atoms with E-state index in [1.54, 1.807) is 36.1 Å². The maximum absolute atomic E-state index is 13.2. The van der Waals surface area contributed by atoms with E-state index >= 15 is 0 Å². The number of carbonyl (C=O) groups excluding carboxylic acids is 1. The van der Waals surface area contributed by atoms with Crippen LogP contribution in [0.2, 0.25) is 0 Å². The lowest BCUT2D eigenvalue weighted by Crippen LogP contribution is -2.55. The fourth-order valence-electron chi connectivity index (χ4n) is 3.22. The highest BCUT2D eigenvalue weighted by Crippen LogP contribution is 2.31. The first-order valence-corrected chi connectivity index (χ1v) is 10.7. The standard InChI is InChI=1S/C18H21N5O6S/c1-10(2)11-9-14-13(8-12(11)15-6-7-19-21(15)3)16(24)22(17(25)20-14)23(18(26)29-4)30(5,27)28/h6-10H,1-5H3,(H,20,25). The van der Waals surface area contributed by atoms with E-state index in [0.717, 1.165) is 18.4 Å². The van der Waals surface area contributed by atoms with Gasteiger partial charge in [-0.3, -0.25) is 9.48 Å². The fourth-order valence-corrected chi connectivity index (χ4v) is 4.01. The molecule has 30 heavy (non-hydrogen) atoms. The van der Waals surface area contributed by atoms with Crippen molar-refractivity contribution >= 4 is 27.0 Å². The molecule has 1 amide bonds. The number of hydrogen-bond acceptors (Lipinski definition) is 7. The normalized spacial score (nSPS) is 11.8. The van der Waals surface area contributed by atoms with E-state index in [1.165, 1.54) is 0 Å². The molecule has 0 bridgehead atoms. The second kappa shape index (κ2) is 7.44. The third kappa shape index (κ3) is 3.49. The highest BCUT2D eigenvalue weighted by atomic mass is 32.2. The molecule has 0 spiro atoms. The molecule has 0 unspecified atom stereocenters. The zero-order valence-corrected chi connectivity index (χ0v) is 17.8. The Morgan fingerprint density at radius 2 is 1.93 bits per heavy atom. The number of aromatic amines is 1. The average molecular weight is 435 g/mol. The molecule has 11 nitrogen and oxygen atoms in total. The van der Waals surface area contributed by atoms with Crippen molar-refractivity contribution in [3.8, 4) is 11.3 Å². The lowest BCUT2D eigenvalue weighted by molar-refractivity contribution is 0.177. The number of ether oxygens (including phenoxy) is 1. The Morgan fingerprint density at radius 3 is 2.43 bits per heavy atom. The van der Waals surface area contributed by atoms with Crippen molar-refractivity contribution in [1.82, 2.24) is 19.4 Å². The zero-order chi connectivity index (χ0) is 22.4. The smallest absolute Gasteiger partial charge is 0.443 e. The predicted octanol–water partition coefficient (Wildman–Crippen LogP) is 0.878. The molecule has 2 aromatic heterocycles. The van der Waals surface area contributed by atoms with Gasteiger partial charge in [-0.25, -0.2) is 18.0 Å². The topological polar surface area (TPSA) is 136 Å². The summed E-state index contributed by atoms with van der Waals surface area (Å²) in [4.78, 5) is 40.3. The Balaban J connectivity index is 2.44.